The van der Waals surface area contributed by atoms with Crippen molar-refractivity contribution in [3.8, 4) is 0 Å². The lowest BCUT2D eigenvalue weighted by molar-refractivity contribution is -0.136. The maximum absolute atomic E-state index is 12.1. The summed E-state index contributed by atoms with van der Waals surface area (Å²) in [5, 5.41) is 5.39. The third-order valence-electron chi connectivity index (χ3n) is 1.82. The number of alkyl halides is 3. The maximum Gasteiger partial charge on any atom is 0.391 e. The van der Waals surface area contributed by atoms with E-state index in [-0.39, 0.29) is 0 Å². The Balaban J connectivity index is 2.59. The Labute approximate surface area is 91.3 Å². The topological polar surface area (TPSA) is 49.8 Å². The lowest BCUT2D eigenvalue weighted by atomic mass is 10.2. The number of rotatable bonds is 4. The van der Waals surface area contributed by atoms with E-state index in [1.165, 1.54) is 19.3 Å². The zero-order valence-corrected chi connectivity index (χ0v) is 8.97. The van der Waals surface area contributed by atoms with Crippen LogP contribution in [0.5, 0.6) is 0 Å². The van der Waals surface area contributed by atoms with Crippen LogP contribution >= 0.6 is 0 Å². The highest BCUT2D eigenvalue weighted by Gasteiger charge is 2.30. The van der Waals surface area contributed by atoms with Gasteiger partial charge in [0, 0.05) is 13.1 Å². The van der Waals surface area contributed by atoms with Crippen molar-refractivity contribution < 1.29 is 13.2 Å². The van der Waals surface area contributed by atoms with Crippen LogP contribution in [0.4, 0.5) is 24.8 Å². The molecule has 2 N–H and O–H groups in total. The number of hydrogen-bond acceptors (Lipinski definition) is 4. The highest BCUT2D eigenvalue weighted by molar-refractivity contribution is 5.41. The Morgan fingerprint density at radius 3 is 2.50 bits per heavy atom. The molecule has 0 saturated carbocycles. The molecule has 90 valence electrons. The number of aromatic nitrogens is 2. The summed E-state index contributed by atoms with van der Waals surface area (Å²) in [5.41, 5.74) is 0. The highest BCUT2D eigenvalue weighted by Crippen LogP contribution is 2.22. The van der Waals surface area contributed by atoms with Crippen molar-refractivity contribution in [3.05, 3.63) is 12.4 Å². The summed E-state index contributed by atoms with van der Waals surface area (Å²) in [6.45, 7) is 1.45. The number of halogens is 3. The number of nitrogens with zero attached hydrogens (tertiary/aromatic N) is 2. The molecule has 0 aliphatic carbocycles. The predicted molar refractivity (Wildman–Crippen MR) is 55.3 cm³/mol. The molecule has 1 rings (SSSR count). The molecule has 1 aromatic heterocycles. The van der Waals surface area contributed by atoms with Gasteiger partial charge < -0.3 is 10.6 Å². The summed E-state index contributed by atoms with van der Waals surface area (Å²) in [7, 11) is 1.66. The van der Waals surface area contributed by atoms with Crippen LogP contribution in [-0.2, 0) is 0 Å². The van der Waals surface area contributed by atoms with Gasteiger partial charge in [-0.25, -0.2) is 4.98 Å². The Bertz CT molecular complexity index is 340. The molecule has 16 heavy (non-hydrogen) atoms. The van der Waals surface area contributed by atoms with Gasteiger partial charge in [0.05, 0.1) is 18.8 Å². The van der Waals surface area contributed by atoms with Crippen LogP contribution in [0.25, 0.3) is 0 Å². The minimum Gasteiger partial charge on any atom is -0.372 e. The average molecular weight is 234 g/mol. The monoisotopic (exact) mass is 234 g/mol. The Morgan fingerprint density at radius 2 is 1.94 bits per heavy atom. The summed E-state index contributed by atoms with van der Waals surface area (Å²) < 4.78 is 36.2. The van der Waals surface area contributed by atoms with Gasteiger partial charge in [-0.3, -0.25) is 4.98 Å². The van der Waals surface area contributed by atoms with Crippen molar-refractivity contribution in [3.63, 3.8) is 0 Å². The largest absolute Gasteiger partial charge is 0.391 e. The van der Waals surface area contributed by atoms with Gasteiger partial charge in [-0.15, -0.1) is 0 Å². The van der Waals surface area contributed by atoms with Crippen LogP contribution in [0.15, 0.2) is 12.4 Å². The fraction of sp³-hybridized carbons (Fsp3) is 0.556. The molecule has 0 spiro atoms. The molecule has 1 atom stereocenters. The third-order valence-corrected chi connectivity index (χ3v) is 1.82. The first kappa shape index (κ1) is 12.5. The summed E-state index contributed by atoms with van der Waals surface area (Å²) >= 11 is 0. The Morgan fingerprint density at radius 1 is 1.31 bits per heavy atom. The van der Waals surface area contributed by atoms with Crippen LogP contribution in [0.3, 0.4) is 0 Å². The zero-order valence-electron chi connectivity index (χ0n) is 8.97. The number of nitrogens with one attached hydrogen (secondary N) is 2. The highest BCUT2D eigenvalue weighted by atomic mass is 19.4. The van der Waals surface area contributed by atoms with Crippen molar-refractivity contribution in [2.75, 3.05) is 17.7 Å². The minimum absolute atomic E-state index is 0.323. The molecule has 7 heteroatoms. The molecular formula is C9H13F3N4. The van der Waals surface area contributed by atoms with Crippen LogP contribution in [0, 0.1) is 0 Å². The lowest BCUT2D eigenvalue weighted by Crippen LogP contribution is -2.24. The smallest absolute Gasteiger partial charge is 0.372 e. The molecule has 1 heterocycles. The van der Waals surface area contributed by atoms with Crippen LogP contribution in [-0.4, -0.2) is 29.2 Å². The maximum atomic E-state index is 12.1. The van der Waals surface area contributed by atoms with Gasteiger partial charge in [0.1, 0.15) is 11.6 Å². The van der Waals surface area contributed by atoms with E-state index >= 15 is 0 Å². The fourth-order valence-electron chi connectivity index (χ4n) is 1.21. The normalized spacial score (nSPS) is 13.3. The Hall–Kier alpha value is -1.53. The van der Waals surface area contributed by atoms with Crippen LogP contribution in [0.2, 0.25) is 0 Å². The van der Waals surface area contributed by atoms with Gasteiger partial charge in [0.2, 0.25) is 0 Å². The average Bonchev–Trinajstić information content (AvgIpc) is 2.15. The van der Waals surface area contributed by atoms with Crippen molar-refractivity contribution in [2.45, 2.75) is 25.6 Å². The molecule has 0 amide bonds. The molecule has 1 aromatic rings. The van der Waals surface area contributed by atoms with Gasteiger partial charge in [0.15, 0.2) is 0 Å². The molecular weight excluding hydrogens is 221 g/mol. The molecule has 1 unspecified atom stereocenters. The fourth-order valence-corrected chi connectivity index (χ4v) is 1.21. The minimum atomic E-state index is -4.18. The van der Waals surface area contributed by atoms with Crippen molar-refractivity contribution in [1.29, 1.82) is 0 Å². The molecule has 0 fully saturated rings. The van der Waals surface area contributed by atoms with E-state index in [4.69, 9.17) is 0 Å². The van der Waals surface area contributed by atoms with Crippen LogP contribution in [0.1, 0.15) is 13.3 Å². The van der Waals surface area contributed by atoms with E-state index in [1.54, 1.807) is 7.05 Å². The van der Waals surface area contributed by atoms with Crippen LogP contribution < -0.4 is 10.6 Å². The summed E-state index contributed by atoms with van der Waals surface area (Å²) in [6, 6.07) is -0.735. The molecule has 0 aliphatic rings. The zero-order chi connectivity index (χ0) is 12.2. The molecule has 4 nitrogen and oxygen atoms in total. The summed E-state index contributed by atoms with van der Waals surface area (Å²) in [5.74, 6) is 0.827. The molecule has 0 aromatic carbocycles. The predicted octanol–water partition coefficient (Wildman–Crippen LogP) is 2.27. The van der Waals surface area contributed by atoms with E-state index in [0.29, 0.717) is 11.6 Å². The van der Waals surface area contributed by atoms with E-state index in [1.807, 2.05) is 0 Å². The van der Waals surface area contributed by atoms with Crippen molar-refractivity contribution in [2.24, 2.45) is 0 Å². The van der Waals surface area contributed by atoms with E-state index in [9.17, 15) is 13.2 Å². The SMILES string of the molecule is CNc1cncc(NC(C)CC(F)(F)F)n1. The van der Waals surface area contributed by atoms with Gasteiger partial charge in [-0.2, -0.15) is 13.2 Å². The van der Waals surface area contributed by atoms with E-state index in [0.717, 1.165) is 0 Å². The second-order valence-electron chi connectivity index (χ2n) is 3.40. The van der Waals surface area contributed by atoms with Gasteiger partial charge in [0.25, 0.3) is 0 Å². The first-order valence-corrected chi connectivity index (χ1v) is 4.74. The number of hydrogen-bond donors (Lipinski definition) is 2. The Kier molecular flexibility index (Phi) is 3.92. The molecule has 0 radical (unpaired) electrons. The number of anilines is 2. The molecule has 0 bridgehead atoms. The molecule has 0 aliphatic heterocycles. The molecule has 0 saturated heterocycles. The third kappa shape index (κ3) is 4.33. The van der Waals surface area contributed by atoms with Crippen molar-refractivity contribution >= 4 is 11.6 Å². The quantitative estimate of drug-likeness (QED) is 0.839. The van der Waals surface area contributed by atoms with E-state index in [2.05, 4.69) is 20.6 Å². The second kappa shape index (κ2) is 5.00. The van der Waals surface area contributed by atoms with E-state index < -0.39 is 18.6 Å². The summed E-state index contributed by atoms with van der Waals surface area (Å²) in [4.78, 5) is 7.85. The lowest BCUT2D eigenvalue weighted by Gasteiger charge is -2.16. The van der Waals surface area contributed by atoms with Crippen molar-refractivity contribution in [1.82, 2.24) is 9.97 Å². The standard InChI is InChI=1S/C9H13F3N4/c1-6(3-9(10,11)12)15-8-5-14-4-7(13-2)16-8/h4-6H,3H2,1-2H3,(H2,13,15,16). The van der Waals surface area contributed by atoms with Gasteiger partial charge in [-0.1, -0.05) is 0 Å². The van der Waals surface area contributed by atoms with Gasteiger partial charge >= 0.3 is 6.18 Å². The first-order chi connectivity index (χ1) is 7.40. The first-order valence-electron chi connectivity index (χ1n) is 4.74. The second-order valence-corrected chi connectivity index (χ2v) is 3.40. The summed E-state index contributed by atoms with van der Waals surface area (Å²) in [6.07, 6.45) is -2.22. The van der Waals surface area contributed by atoms with Gasteiger partial charge in [-0.05, 0) is 6.92 Å².